The smallest absolute Gasteiger partial charge is 0.375 e. The van der Waals surface area contributed by atoms with E-state index in [-0.39, 0.29) is 30.6 Å². The number of allylic oxidation sites excluding steroid dienone is 3. The summed E-state index contributed by atoms with van der Waals surface area (Å²) in [5, 5.41) is 15.7. The number of esters is 1. The largest absolute Gasteiger partial charge is 0.457 e. The van der Waals surface area contributed by atoms with E-state index in [0.29, 0.717) is 23.0 Å². The number of hydrogen-bond acceptors (Lipinski definition) is 7. The van der Waals surface area contributed by atoms with Gasteiger partial charge in [-0.1, -0.05) is 39.0 Å². The topological polar surface area (TPSA) is 94.6 Å². The average Bonchev–Trinajstić information content (AvgIpc) is 3.74. The van der Waals surface area contributed by atoms with E-state index in [0.717, 1.165) is 5.69 Å². The molecule has 0 aliphatic heterocycles. The van der Waals surface area contributed by atoms with Crippen molar-refractivity contribution in [1.29, 1.82) is 0 Å². The number of para-hydroxylation sites is 1. The van der Waals surface area contributed by atoms with Crippen molar-refractivity contribution in [1.82, 2.24) is 9.78 Å². The van der Waals surface area contributed by atoms with Crippen LogP contribution in [-0.4, -0.2) is 49.4 Å². The van der Waals surface area contributed by atoms with Gasteiger partial charge in [-0.25, -0.2) is 22.6 Å². The zero-order chi connectivity index (χ0) is 31.9. The van der Waals surface area contributed by atoms with Crippen LogP contribution in [0.4, 0.5) is 13.2 Å². The number of furan rings is 1. The van der Waals surface area contributed by atoms with Gasteiger partial charge < -0.3 is 14.3 Å². The Hall–Kier alpha value is -3.57. The van der Waals surface area contributed by atoms with Gasteiger partial charge in [0.15, 0.2) is 11.3 Å². The number of rotatable bonds is 5. The molecule has 2 aromatic heterocycles. The summed E-state index contributed by atoms with van der Waals surface area (Å²) in [6, 6.07) is 11.2. The Bertz CT molecular complexity index is 1740. The lowest BCUT2D eigenvalue weighted by Crippen LogP contribution is -2.69. The Kier molecular flexibility index (Phi) is 6.84. The lowest BCUT2D eigenvalue weighted by Gasteiger charge is -2.62. The van der Waals surface area contributed by atoms with Crippen LogP contribution in [0.15, 0.2) is 76.8 Å². The third-order valence-corrected chi connectivity index (χ3v) is 11.9. The van der Waals surface area contributed by atoms with Gasteiger partial charge in [-0.2, -0.15) is 5.10 Å². The van der Waals surface area contributed by atoms with Crippen LogP contribution in [0.2, 0.25) is 0 Å². The van der Waals surface area contributed by atoms with Crippen LogP contribution in [0.25, 0.3) is 11.8 Å². The Morgan fingerprint density at radius 2 is 1.96 bits per heavy atom. The number of alkyl halides is 2. The molecular weight excluding hydrogens is 605 g/mol. The number of hydrogen-bond donors (Lipinski definition) is 1. The summed E-state index contributed by atoms with van der Waals surface area (Å²) in [6.45, 7) is 5.00. The Labute approximate surface area is 262 Å². The van der Waals surface area contributed by atoms with Crippen molar-refractivity contribution in [3.05, 3.63) is 89.4 Å². The normalized spacial score (nSPS) is 36.6. The number of aromatic nitrogens is 2. The summed E-state index contributed by atoms with van der Waals surface area (Å²) >= 11 is 0.368. The number of aliphatic hydroxyl groups excluding tert-OH is 1. The zero-order valence-electron chi connectivity index (χ0n) is 25.0. The van der Waals surface area contributed by atoms with E-state index in [1.165, 1.54) is 24.5 Å². The highest BCUT2D eigenvalue weighted by atomic mass is 32.2. The van der Waals surface area contributed by atoms with Gasteiger partial charge in [-0.05, 0) is 84.5 Å². The number of halogens is 3. The fourth-order valence-electron chi connectivity index (χ4n) is 9.12. The molecule has 2 heterocycles. The highest BCUT2D eigenvalue weighted by Gasteiger charge is 2.77. The molecule has 1 aromatic carbocycles. The first-order valence-electron chi connectivity index (χ1n) is 15.0. The van der Waals surface area contributed by atoms with Crippen molar-refractivity contribution in [2.75, 3.05) is 6.01 Å². The predicted molar refractivity (Wildman–Crippen MR) is 161 cm³/mol. The quantitative estimate of drug-likeness (QED) is 0.307. The first kappa shape index (κ1) is 30.1. The van der Waals surface area contributed by atoms with Crippen LogP contribution in [0.3, 0.4) is 0 Å². The number of carbonyl (C=O) groups excluding carboxylic acids is 2. The summed E-state index contributed by atoms with van der Waals surface area (Å²) in [4.78, 5) is 27.1. The summed E-state index contributed by atoms with van der Waals surface area (Å²) in [5.74, 6) is -4.29. The molecule has 0 saturated heterocycles. The van der Waals surface area contributed by atoms with Crippen LogP contribution in [-0.2, 0) is 16.0 Å². The molecule has 7 rings (SSSR count). The molecule has 236 valence electrons. The van der Waals surface area contributed by atoms with E-state index in [2.05, 4.69) is 5.10 Å². The number of carbonyl (C=O) groups is 2. The fourth-order valence-corrected chi connectivity index (χ4v) is 9.91. The third kappa shape index (κ3) is 3.86. The van der Waals surface area contributed by atoms with Gasteiger partial charge in [0.25, 0.3) is 0 Å². The highest BCUT2D eigenvalue weighted by molar-refractivity contribution is 8.13. The van der Waals surface area contributed by atoms with Crippen molar-refractivity contribution in [3.63, 3.8) is 0 Å². The molecule has 0 spiro atoms. The second kappa shape index (κ2) is 10.2. The van der Waals surface area contributed by atoms with Crippen LogP contribution < -0.4 is 0 Å². The lowest BCUT2D eigenvalue weighted by molar-refractivity contribution is -0.209. The number of aliphatic hydroxyl groups is 1. The van der Waals surface area contributed by atoms with E-state index in [1.807, 2.05) is 30.3 Å². The van der Waals surface area contributed by atoms with E-state index in [9.17, 15) is 19.1 Å². The molecule has 8 atom stereocenters. The average molecular weight is 639 g/mol. The molecule has 3 unspecified atom stereocenters. The van der Waals surface area contributed by atoms with Gasteiger partial charge in [0, 0.05) is 22.7 Å². The first-order valence-corrected chi connectivity index (χ1v) is 16.0. The minimum absolute atomic E-state index is 0.0839. The van der Waals surface area contributed by atoms with Gasteiger partial charge in [-0.15, -0.1) is 0 Å². The van der Waals surface area contributed by atoms with Gasteiger partial charge in [0.1, 0.15) is 11.8 Å². The Balaban J connectivity index is 1.35. The van der Waals surface area contributed by atoms with Gasteiger partial charge in [0.2, 0.25) is 10.9 Å². The standard InChI is InChI=1S/C34H33F3N2O5S/c1-19-12-22-23-13-25(36)24-14-26-20(17-38-39(26)21-8-5-4-6-9-21)15-31(24,2)33(23,37)28(40)16-32(22,3)34(19,30(42)45-18-35)44-29(41)27-10-7-11-43-27/h4-11,13-14,17,19,22-23,28,40H,12,15-16,18H2,1-3H3/t19-,22?,23?,28?,31+,32+,33+,34+/m1/s1. The maximum Gasteiger partial charge on any atom is 0.375 e. The SMILES string of the molecule is C[C@@H]1CC2C3C=C(F)C4=Cc5c(cnn5-c5ccccc5)C[C@]4(C)[C@@]3(F)C(O)C[C@]2(C)[C@@]1(OC(=O)c1ccco1)C(=O)SCF. The molecule has 3 aromatic rings. The molecule has 7 nitrogen and oxygen atoms in total. The van der Waals surface area contributed by atoms with Crippen molar-refractivity contribution in [3.8, 4) is 5.69 Å². The summed E-state index contributed by atoms with van der Waals surface area (Å²) < 4.78 is 61.2. The van der Waals surface area contributed by atoms with Gasteiger partial charge in [0.05, 0.1) is 29.9 Å². The molecule has 1 N–H and O–H groups in total. The number of thioether (sulfide) groups is 1. The third-order valence-electron chi connectivity index (χ3n) is 11.2. The Morgan fingerprint density at radius 1 is 1.20 bits per heavy atom. The monoisotopic (exact) mass is 638 g/mol. The van der Waals surface area contributed by atoms with Crippen LogP contribution >= 0.6 is 11.8 Å². The molecule has 2 fully saturated rings. The molecular formula is C34H33F3N2O5S. The number of ether oxygens (including phenoxy) is 1. The van der Waals surface area contributed by atoms with Crippen molar-refractivity contribution < 1.29 is 37.0 Å². The molecule has 4 aliphatic rings. The molecule has 0 amide bonds. The van der Waals surface area contributed by atoms with E-state index >= 15 is 8.78 Å². The molecule has 4 aliphatic carbocycles. The minimum Gasteiger partial charge on any atom is -0.457 e. The lowest BCUT2D eigenvalue weighted by atomic mass is 9.45. The minimum atomic E-state index is -2.35. The van der Waals surface area contributed by atoms with Gasteiger partial charge in [-0.3, -0.25) is 4.79 Å². The first-order chi connectivity index (χ1) is 21.4. The van der Waals surface area contributed by atoms with E-state index in [4.69, 9.17) is 9.15 Å². The molecule has 45 heavy (non-hydrogen) atoms. The maximum atomic E-state index is 18.1. The van der Waals surface area contributed by atoms with Crippen molar-refractivity contribution >= 4 is 28.9 Å². The van der Waals surface area contributed by atoms with E-state index < -0.39 is 68.9 Å². The van der Waals surface area contributed by atoms with Gasteiger partial charge >= 0.3 is 5.97 Å². The number of nitrogens with zero attached hydrogens (tertiary/aromatic N) is 2. The zero-order valence-corrected chi connectivity index (χ0v) is 25.8. The second-order valence-corrected chi connectivity index (χ2v) is 14.1. The van der Waals surface area contributed by atoms with Crippen LogP contribution in [0.5, 0.6) is 0 Å². The molecule has 0 bridgehead atoms. The van der Waals surface area contributed by atoms with E-state index in [1.54, 1.807) is 37.7 Å². The summed E-state index contributed by atoms with van der Waals surface area (Å²) in [6.07, 6.45) is 4.11. The second-order valence-electron chi connectivity index (χ2n) is 13.2. The molecule has 0 radical (unpaired) electrons. The number of benzene rings is 1. The van der Waals surface area contributed by atoms with Crippen LogP contribution in [0.1, 0.15) is 55.4 Å². The highest BCUT2D eigenvalue weighted by Crippen LogP contribution is 2.72. The Morgan fingerprint density at radius 3 is 2.64 bits per heavy atom. The maximum absolute atomic E-state index is 18.1. The predicted octanol–water partition coefficient (Wildman–Crippen LogP) is 6.81. The summed E-state index contributed by atoms with van der Waals surface area (Å²) in [7, 11) is 0. The van der Waals surface area contributed by atoms with Crippen molar-refractivity contribution in [2.45, 2.75) is 57.4 Å². The molecule has 11 heteroatoms. The molecule has 2 saturated carbocycles. The fraction of sp³-hybridized carbons (Fsp3) is 0.441. The summed E-state index contributed by atoms with van der Waals surface area (Å²) in [5.41, 5.74) is -4.85. The number of fused-ring (bicyclic) bond motifs is 6. The van der Waals surface area contributed by atoms with Crippen molar-refractivity contribution in [2.24, 2.45) is 28.6 Å². The van der Waals surface area contributed by atoms with Crippen LogP contribution in [0, 0.1) is 28.6 Å².